The van der Waals surface area contributed by atoms with E-state index in [2.05, 4.69) is 5.32 Å². The minimum Gasteiger partial charge on any atom is -0.492 e. The predicted octanol–water partition coefficient (Wildman–Crippen LogP) is 0.547. The van der Waals surface area contributed by atoms with Gasteiger partial charge in [0.25, 0.3) is 0 Å². The van der Waals surface area contributed by atoms with Gasteiger partial charge in [-0.25, -0.2) is 0 Å². The highest BCUT2D eigenvalue weighted by Gasteiger charge is 2.36. The molecule has 1 aromatic carbocycles. The van der Waals surface area contributed by atoms with Crippen LogP contribution in [0, 0.1) is 5.92 Å². The van der Waals surface area contributed by atoms with Crippen LogP contribution in [0.4, 0.5) is 5.69 Å². The largest absolute Gasteiger partial charge is 0.492 e. The van der Waals surface area contributed by atoms with Gasteiger partial charge < -0.3 is 20.1 Å². The van der Waals surface area contributed by atoms with Gasteiger partial charge >= 0.3 is 0 Å². The topological polar surface area (TPSA) is 78.9 Å². The van der Waals surface area contributed by atoms with Crippen molar-refractivity contribution < 1.29 is 19.4 Å². The number of carbonyl (C=O) groups excluding carboxylic acids is 2. The Labute approximate surface area is 123 Å². The van der Waals surface area contributed by atoms with Crippen LogP contribution in [0.25, 0.3) is 0 Å². The average molecular weight is 292 g/mol. The normalized spacial score (nSPS) is 17.9. The van der Waals surface area contributed by atoms with Crippen LogP contribution in [0.15, 0.2) is 24.3 Å². The van der Waals surface area contributed by atoms with E-state index in [0.29, 0.717) is 24.6 Å². The molecule has 0 spiro atoms. The van der Waals surface area contributed by atoms with E-state index in [0.717, 1.165) is 0 Å². The molecule has 1 aliphatic heterocycles. The monoisotopic (exact) mass is 292 g/mol. The van der Waals surface area contributed by atoms with Gasteiger partial charge in [0.2, 0.25) is 11.8 Å². The number of rotatable bonds is 6. The van der Waals surface area contributed by atoms with Gasteiger partial charge in [-0.1, -0.05) is 12.1 Å². The van der Waals surface area contributed by atoms with Gasteiger partial charge in [0.05, 0.1) is 24.8 Å². The summed E-state index contributed by atoms with van der Waals surface area (Å²) in [5, 5.41) is 11.3. The van der Waals surface area contributed by atoms with Crippen LogP contribution in [0.3, 0.4) is 0 Å². The smallest absolute Gasteiger partial charge is 0.227 e. The molecule has 1 saturated heterocycles. The summed E-state index contributed by atoms with van der Waals surface area (Å²) in [4.78, 5) is 25.7. The van der Waals surface area contributed by atoms with E-state index in [1.54, 1.807) is 4.90 Å². The van der Waals surface area contributed by atoms with Gasteiger partial charge in [-0.15, -0.1) is 0 Å². The van der Waals surface area contributed by atoms with Crippen molar-refractivity contribution in [3.8, 4) is 5.75 Å². The summed E-state index contributed by atoms with van der Waals surface area (Å²) < 4.78 is 5.53. The van der Waals surface area contributed by atoms with Crippen molar-refractivity contribution in [2.24, 2.45) is 5.92 Å². The maximum Gasteiger partial charge on any atom is 0.227 e. The van der Waals surface area contributed by atoms with E-state index in [1.165, 1.54) is 0 Å². The lowest BCUT2D eigenvalue weighted by Gasteiger charge is -2.20. The zero-order chi connectivity index (χ0) is 15.2. The second kappa shape index (κ2) is 7.08. The minimum absolute atomic E-state index is 0.0914. The molecule has 0 aromatic heterocycles. The summed E-state index contributed by atoms with van der Waals surface area (Å²) in [6.07, 6.45) is 0.178. The van der Waals surface area contributed by atoms with E-state index in [-0.39, 0.29) is 31.4 Å². The third kappa shape index (κ3) is 3.52. The molecule has 2 rings (SSSR count). The minimum atomic E-state index is -0.390. The van der Waals surface area contributed by atoms with Crippen molar-refractivity contribution in [2.75, 3.05) is 31.2 Å². The summed E-state index contributed by atoms with van der Waals surface area (Å²) in [6, 6.07) is 7.31. The summed E-state index contributed by atoms with van der Waals surface area (Å²) in [5.41, 5.74) is 0.696. The maximum absolute atomic E-state index is 12.2. The fraction of sp³-hybridized carbons (Fsp3) is 0.467. The van der Waals surface area contributed by atoms with Crippen molar-refractivity contribution in [2.45, 2.75) is 13.3 Å². The zero-order valence-corrected chi connectivity index (χ0v) is 12.0. The second-order valence-corrected chi connectivity index (χ2v) is 4.82. The van der Waals surface area contributed by atoms with E-state index in [1.807, 2.05) is 31.2 Å². The fourth-order valence-corrected chi connectivity index (χ4v) is 2.40. The Hall–Kier alpha value is -2.08. The lowest BCUT2D eigenvalue weighted by molar-refractivity contribution is -0.126. The Kier molecular flexibility index (Phi) is 5.16. The number of aliphatic hydroxyl groups excluding tert-OH is 1. The number of amides is 2. The first-order valence-corrected chi connectivity index (χ1v) is 7.08. The third-order valence-electron chi connectivity index (χ3n) is 3.36. The Morgan fingerprint density at radius 1 is 1.48 bits per heavy atom. The number of carbonyl (C=O) groups is 2. The number of hydrogen-bond acceptors (Lipinski definition) is 4. The fourth-order valence-electron chi connectivity index (χ4n) is 2.40. The molecule has 2 N–H and O–H groups in total. The highest BCUT2D eigenvalue weighted by Crippen LogP contribution is 2.32. The molecule has 21 heavy (non-hydrogen) atoms. The number of hydrogen-bond donors (Lipinski definition) is 2. The molecular weight excluding hydrogens is 272 g/mol. The summed E-state index contributed by atoms with van der Waals surface area (Å²) in [7, 11) is 0. The molecule has 114 valence electrons. The van der Waals surface area contributed by atoms with Gasteiger partial charge in [0.15, 0.2) is 0 Å². The van der Waals surface area contributed by atoms with Gasteiger partial charge in [0, 0.05) is 19.5 Å². The number of aliphatic hydroxyl groups is 1. The number of para-hydroxylation sites is 2. The van der Waals surface area contributed by atoms with Crippen LogP contribution in [0.1, 0.15) is 13.3 Å². The molecule has 0 radical (unpaired) electrons. The molecule has 1 fully saturated rings. The number of nitrogens with one attached hydrogen (secondary N) is 1. The third-order valence-corrected chi connectivity index (χ3v) is 3.36. The first kappa shape index (κ1) is 15.3. The summed E-state index contributed by atoms with van der Waals surface area (Å²) >= 11 is 0. The van der Waals surface area contributed by atoms with Crippen molar-refractivity contribution in [1.82, 2.24) is 5.32 Å². The number of ether oxygens (including phenoxy) is 1. The van der Waals surface area contributed by atoms with Crippen molar-refractivity contribution >= 4 is 17.5 Å². The Balaban J connectivity index is 2.11. The molecule has 6 nitrogen and oxygen atoms in total. The van der Waals surface area contributed by atoms with E-state index < -0.39 is 5.92 Å². The summed E-state index contributed by atoms with van der Waals surface area (Å²) in [5.74, 6) is -0.0383. The lowest BCUT2D eigenvalue weighted by Crippen LogP contribution is -2.34. The second-order valence-electron chi connectivity index (χ2n) is 4.82. The Bertz CT molecular complexity index is 518. The Morgan fingerprint density at radius 3 is 2.95 bits per heavy atom. The molecule has 6 heteroatoms. The maximum atomic E-state index is 12.2. The highest BCUT2D eigenvalue weighted by molar-refractivity contribution is 6.01. The van der Waals surface area contributed by atoms with Crippen LogP contribution in [-0.4, -0.2) is 43.2 Å². The van der Waals surface area contributed by atoms with Gasteiger partial charge in [0.1, 0.15) is 5.75 Å². The number of benzene rings is 1. The molecule has 0 aliphatic carbocycles. The molecule has 2 amide bonds. The quantitative estimate of drug-likeness (QED) is 0.802. The van der Waals surface area contributed by atoms with Crippen LogP contribution in [-0.2, 0) is 9.59 Å². The first-order valence-electron chi connectivity index (χ1n) is 7.08. The molecule has 1 aromatic rings. The first-order chi connectivity index (χ1) is 10.2. The van der Waals surface area contributed by atoms with Gasteiger partial charge in [-0.05, 0) is 19.1 Å². The van der Waals surface area contributed by atoms with Crippen LogP contribution >= 0.6 is 0 Å². The molecular formula is C15H20N2O4. The predicted molar refractivity (Wildman–Crippen MR) is 78.2 cm³/mol. The molecule has 0 saturated carbocycles. The van der Waals surface area contributed by atoms with Gasteiger partial charge in [-0.2, -0.15) is 0 Å². The molecule has 1 aliphatic rings. The molecule has 1 atom stereocenters. The van der Waals surface area contributed by atoms with Gasteiger partial charge in [-0.3, -0.25) is 9.59 Å². The summed E-state index contributed by atoms with van der Waals surface area (Å²) in [6.45, 7) is 2.83. The van der Waals surface area contributed by atoms with Crippen LogP contribution in [0.2, 0.25) is 0 Å². The average Bonchev–Trinajstić information content (AvgIpc) is 2.87. The molecule has 1 heterocycles. The Morgan fingerprint density at radius 2 is 2.24 bits per heavy atom. The number of anilines is 1. The SMILES string of the molecule is CCOc1ccccc1N1CC(C(=O)NCCO)CC1=O. The van der Waals surface area contributed by atoms with Crippen molar-refractivity contribution in [1.29, 1.82) is 0 Å². The van der Waals surface area contributed by atoms with Crippen LogP contribution < -0.4 is 15.0 Å². The molecule has 0 bridgehead atoms. The molecule has 1 unspecified atom stereocenters. The highest BCUT2D eigenvalue weighted by atomic mass is 16.5. The van der Waals surface area contributed by atoms with E-state index in [4.69, 9.17) is 9.84 Å². The zero-order valence-electron chi connectivity index (χ0n) is 12.0. The van der Waals surface area contributed by atoms with Crippen molar-refractivity contribution in [3.05, 3.63) is 24.3 Å². The number of nitrogens with zero attached hydrogens (tertiary/aromatic N) is 1. The van der Waals surface area contributed by atoms with E-state index >= 15 is 0 Å². The lowest BCUT2D eigenvalue weighted by atomic mass is 10.1. The standard InChI is InChI=1S/C15H20N2O4/c1-2-21-13-6-4-3-5-12(13)17-10-11(9-14(17)19)15(20)16-7-8-18/h3-6,11,18H,2,7-10H2,1H3,(H,16,20). The van der Waals surface area contributed by atoms with Crippen molar-refractivity contribution in [3.63, 3.8) is 0 Å². The van der Waals surface area contributed by atoms with E-state index in [9.17, 15) is 9.59 Å². The van der Waals surface area contributed by atoms with Crippen LogP contribution in [0.5, 0.6) is 5.75 Å².